The van der Waals surface area contributed by atoms with E-state index in [1.165, 1.54) is 0 Å². The average molecular weight is 358 g/mol. The summed E-state index contributed by atoms with van der Waals surface area (Å²) in [5, 5.41) is 9.30. The summed E-state index contributed by atoms with van der Waals surface area (Å²) in [6.45, 7) is 5.16. The van der Waals surface area contributed by atoms with Gasteiger partial charge in [-0.1, -0.05) is 37.3 Å². The van der Waals surface area contributed by atoms with Gasteiger partial charge in [0.1, 0.15) is 0 Å². The van der Waals surface area contributed by atoms with Crippen LogP contribution >= 0.6 is 0 Å². The Morgan fingerprint density at radius 1 is 1.12 bits per heavy atom. The van der Waals surface area contributed by atoms with E-state index < -0.39 is 11.9 Å². The molecule has 0 radical (unpaired) electrons. The van der Waals surface area contributed by atoms with Crippen LogP contribution in [-0.4, -0.2) is 52.3 Å². The number of carbonyl (C=O) groups is 3. The summed E-state index contributed by atoms with van der Waals surface area (Å²) in [5.74, 6) is -1.69. The van der Waals surface area contributed by atoms with Crippen molar-refractivity contribution in [3.05, 3.63) is 35.9 Å². The van der Waals surface area contributed by atoms with Gasteiger partial charge in [-0.2, -0.15) is 0 Å². The molecule has 0 saturated carbocycles. The highest BCUT2D eigenvalue weighted by molar-refractivity contribution is 5.89. The molecule has 4 unspecified atom stereocenters. The Bertz CT molecular complexity index is 690. The quantitative estimate of drug-likeness (QED) is 0.895. The molecule has 0 bridgehead atoms. The van der Waals surface area contributed by atoms with Gasteiger partial charge in [-0.25, -0.2) is 0 Å². The van der Waals surface area contributed by atoms with Crippen molar-refractivity contribution in [1.82, 2.24) is 9.80 Å². The zero-order valence-corrected chi connectivity index (χ0v) is 15.3. The third-order valence-electron chi connectivity index (χ3n) is 5.58. The van der Waals surface area contributed by atoms with E-state index in [1.807, 2.05) is 44.2 Å². The highest BCUT2D eigenvalue weighted by Crippen LogP contribution is 2.31. The van der Waals surface area contributed by atoms with E-state index in [0.717, 1.165) is 5.56 Å². The number of hydrogen-bond acceptors (Lipinski definition) is 3. The zero-order valence-electron chi connectivity index (χ0n) is 15.3. The normalized spacial score (nSPS) is 27.5. The van der Waals surface area contributed by atoms with Crippen molar-refractivity contribution < 1.29 is 19.5 Å². The lowest BCUT2D eigenvalue weighted by Gasteiger charge is -2.36. The second kappa shape index (κ2) is 7.48. The summed E-state index contributed by atoms with van der Waals surface area (Å²) >= 11 is 0. The van der Waals surface area contributed by atoms with Gasteiger partial charge >= 0.3 is 5.97 Å². The minimum Gasteiger partial charge on any atom is -0.481 e. The molecule has 0 aliphatic carbocycles. The van der Waals surface area contributed by atoms with Crippen LogP contribution in [0, 0.1) is 17.8 Å². The molecule has 2 aliphatic rings. The lowest BCUT2D eigenvalue weighted by Crippen LogP contribution is -2.48. The number of nitrogens with zero attached hydrogens (tertiary/aromatic N) is 2. The Hall–Kier alpha value is -2.37. The predicted molar refractivity (Wildman–Crippen MR) is 96.2 cm³/mol. The summed E-state index contributed by atoms with van der Waals surface area (Å²) in [6, 6.07) is 9.71. The van der Waals surface area contributed by atoms with Gasteiger partial charge < -0.3 is 14.9 Å². The largest absolute Gasteiger partial charge is 0.481 e. The fourth-order valence-corrected chi connectivity index (χ4v) is 4.15. The van der Waals surface area contributed by atoms with Gasteiger partial charge in [0.2, 0.25) is 11.8 Å². The Morgan fingerprint density at radius 2 is 1.81 bits per heavy atom. The Labute approximate surface area is 153 Å². The molecule has 140 valence electrons. The molecule has 2 fully saturated rings. The summed E-state index contributed by atoms with van der Waals surface area (Å²) in [4.78, 5) is 40.2. The molecule has 0 aromatic heterocycles. The second-order valence-electron chi connectivity index (χ2n) is 7.65. The van der Waals surface area contributed by atoms with Crippen molar-refractivity contribution in [3.63, 3.8) is 0 Å². The maximum absolute atomic E-state index is 12.9. The molecule has 6 nitrogen and oxygen atoms in total. The Balaban J connectivity index is 1.68. The Kier molecular flexibility index (Phi) is 5.30. The molecule has 1 N–H and O–H groups in total. The second-order valence-corrected chi connectivity index (χ2v) is 7.65. The minimum atomic E-state index is -0.851. The Morgan fingerprint density at radius 3 is 2.46 bits per heavy atom. The standard InChI is InChI=1S/C20H26N2O4/c1-13-8-17(20(25)26)11-21(10-13)19(24)16-9-18(23)22(12-16)14(2)15-6-4-3-5-7-15/h3-7,13-14,16-17H,8-12H2,1-2H3,(H,25,26). The van der Waals surface area contributed by atoms with Crippen molar-refractivity contribution in [1.29, 1.82) is 0 Å². The number of carboxylic acids is 1. The number of piperidine rings is 1. The molecular weight excluding hydrogens is 332 g/mol. The molecule has 4 atom stereocenters. The van der Waals surface area contributed by atoms with Gasteiger partial charge in [0.15, 0.2) is 0 Å². The maximum atomic E-state index is 12.9. The number of carboxylic acid groups (broad SMARTS) is 1. The number of likely N-dealkylation sites (tertiary alicyclic amines) is 2. The van der Waals surface area contributed by atoms with Crippen LogP contribution in [0.3, 0.4) is 0 Å². The van der Waals surface area contributed by atoms with Crippen LogP contribution in [0.2, 0.25) is 0 Å². The predicted octanol–water partition coefficient (Wildman–Crippen LogP) is 2.17. The molecule has 1 aromatic carbocycles. The number of amides is 2. The molecule has 3 rings (SSSR count). The first kappa shape index (κ1) is 18.4. The average Bonchev–Trinajstić information content (AvgIpc) is 3.02. The van der Waals surface area contributed by atoms with Crippen molar-refractivity contribution in [2.75, 3.05) is 19.6 Å². The lowest BCUT2D eigenvalue weighted by molar-refractivity contribution is -0.148. The number of hydrogen-bond donors (Lipinski definition) is 1. The monoisotopic (exact) mass is 358 g/mol. The van der Waals surface area contributed by atoms with Crippen LogP contribution in [0.5, 0.6) is 0 Å². The third-order valence-corrected chi connectivity index (χ3v) is 5.58. The summed E-state index contributed by atoms with van der Waals surface area (Å²) in [5.41, 5.74) is 1.05. The van der Waals surface area contributed by atoms with Crippen LogP contribution in [0.25, 0.3) is 0 Å². The molecule has 6 heteroatoms. The van der Waals surface area contributed by atoms with E-state index in [0.29, 0.717) is 19.5 Å². The minimum absolute atomic E-state index is 0.0143. The highest BCUT2D eigenvalue weighted by atomic mass is 16.4. The van der Waals surface area contributed by atoms with Crippen LogP contribution in [0.4, 0.5) is 0 Å². The fraction of sp³-hybridized carbons (Fsp3) is 0.550. The summed E-state index contributed by atoms with van der Waals surface area (Å²) in [6.07, 6.45) is 0.804. The highest BCUT2D eigenvalue weighted by Gasteiger charge is 2.41. The van der Waals surface area contributed by atoms with E-state index >= 15 is 0 Å². The van der Waals surface area contributed by atoms with Gasteiger partial charge in [-0.15, -0.1) is 0 Å². The van der Waals surface area contributed by atoms with Gasteiger partial charge in [0.25, 0.3) is 0 Å². The van der Waals surface area contributed by atoms with E-state index in [9.17, 15) is 19.5 Å². The zero-order chi connectivity index (χ0) is 18.8. The van der Waals surface area contributed by atoms with Crippen LogP contribution in [0.1, 0.15) is 38.3 Å². The first-order valence-corrected chi connectivity index (χ1v) is 9.22. The fourth-order valence-electron chi connectivity index (χ4n) is 4.15. The first-order valence-electron chi connectivity index (χ1n) is 9.22. The third kappa shape index (κ3) is 3.74. The molecule has 0 spiro atoms. The van der Waals surface area contributed by atoms with Gasteiger partial charge in [-0.3, -0.25) is 14.4 Å². The van der Waals surface area contributed by atoms with Gasteiger partial charge in [0, 0.05) is 26.1 Å². The van der Waals surface area contributed by atoms with Crippen LogP contribution < -0.4 is 0 Å². The molecule has 2 aliphatic heterocycles. The molecule has 2 heterocycles. The molecule has 26 heavy (non-hydrogen) atoms. The first-order chi connectivity index (χ1) is 12.4. The number of benzene rings is 1. The van der Waals surface area contributed by atoms with Crippen molar-refractivity contribution in [3.8, 4) is 0 Å². The van der Waals surface area contributed by atoms with Crippen molar-refractivity contribution >= 4 is 17.8 Å². The van der Waals surface area contributed by atoms with Crippen LogP contribution in [0.15, 0.2) is 30.3 Å². The lowest BCUT2D eigenvalue weighted by atomic mass is 9.89. The van der Waals surface area contributed by atoms with Crippen molar-refractivity contribution in [2.45, 2.75) is 32.7 Å². The van der Waals surface area contributed by atoms with E-state index in [1.54, 1.807) is 9.80 Å². The van der Waals surface area contributed by atoms with Gasteiger partial charge in [0.05, 0.1) is 17.9 Å². The maximum Gasteiger partial charge on any atom is 0.308 e. The number of rotatable bonds is 4. The molecular formula is C20H26N2O4. The number of aliphatic carboxylic acids is 1. The number of carbonyl (C=O) groups excluding carboxylic acids is 2. The van der Waals surface area contributed by atoms with E-state index in [4.69, 9.17) is 0 Å². The molecule has 1 aromatic rings. The van der Waals surface area contributed by atoms with Crippen LogP contribution in [-0.2, 0) is 14.4 Å². The smallest absolute Gasteiger partial charge is 0.308 e. The summed E-state index contributed by atoms with van der Waals surface area (Å²) in [7, 11) is 0. The van der Waals surface area contributed by atoms with Crippen molar-refractivity contribution in [2.24, 2.45) is 17.8 Å². The van der Waals surface area contributed by atoms with E-state index in [2.05, 4.69) is 0 Å². The van der Waals surface area contributed by atoms with E-state index in [-0.39, 0.29) is 42.7 Å². The molecule has 2 amide bonds. The van der Waals surface area contributed by atoms with Gasteiger partial charge in [-0.05, 0) is 24.8 Å². The molecule has 2 saturated heterocycles. The topological polar surface area (TPSA) is 77.9 Å². The summed E-state index contributed by atoms with van der Waals surface area (Å²) < 4.78 is 0. The SMILES string of the molecule is CC1CC(C(=O)O)CN(C(=O)C2CC(=O)N(C(C)c3ccccc3)C2)C1.